The van der Waals surface area contributed by atoms with Crippen LogP contribution in [0.15, 0.2) is 30.3 Å². The molecule has 1 aliphatic carbocycles. The first-order valence-corrected chi connectivity index (χ1v) is 9.85. The van der Waals surface area contributed by atoms with Crippen LogP contribution in [0.1, 0.15) is 48.0 Å². The Balaban J connectivity index is 1.64. The zero-order chi connectivity index (χ0) is 18.5. The Morgan fingerprint density at radius 1 is 1.15 bits per heavy atom. The second kappa shape index (κ2) is 8.64. The molecule has 1 heterocycles. The molecular formula is C19H20ClFN2O2S. The minimum absolute atomic E-state index is 0.000230. The molecule has 3 rings (SSSR count). The maximum atomic E-state index is 12.9. The van der Waals surface area contributed by atoms with Crippen LogP contribution >= 0.6 is 22.9 Å². The fourth-order valence-corrected chi connectivity index (χ4v) is 4.21. The van der Waals surface area contributed by atoms with Crippen molar-refractivity contribution >= 4 is 39.8 Å². The maximum absolute atomic E-state index is 12.9. The van der Waals surface area contributed by atoms with Crippen molar-refractivity contribution in [1.29, 1.82) is 0 Å². The Morgan fingerprint density at radius 3 is 2.54 bits per heavy atom. The van der Waals surface area contributed by atoms with Gasteiger partial charge in [-0.15, -0.1) is 11.3 Å². The van der Waals surface area contributed by atoms with Crippen molar-refractivity contribution in [3.05, 3.63) is 51.6 Å². The third kappa shape index (κ3) is 4.83. The average molecular weight is 395 g/mol. The molecule has 2 aromatic rings. The first-order chi connectivity index (χ1) is 12.5. The van der Waals surface area contributed by atoms with Gasteiger partial charge in [0.2, 0.25) is 5.91 Å². The van der Waals surface area contributed by atoms with Crippen LogP contribution in [0.2, 0.25) is 4.34 Å². The van der Waals surface area contributed by atoms with E-state index < -0.39 is 0 Å². The fourth-order valence-electron chi connectivity index (χ4n) is 3.08. The van der Waals surface area contributed by atoms with Gasteiger partial charge in [0, 0.05) is 12.5 Å². The second-order valence-electron chi connectivity index (χ2n) is 6.43. The van der Waals surface area contributed by atoms with Crippen molar-refractivity contribution < 1.29 is 14.0 Å². The molecule has 26 heavy (non-hydrogen) atoms. The van der Waals surface area contributed by atoms with Crippen LogP contribution in [0.3, 0.4) is 0 Å². The van der Waals surface area contributed by atoms with Gasteiger partial charge in [-0.25, -0.2) is 4.39 Å². The number of amides is 2. The summed E-state index contributed by atoms with van der Waals surface area (Å²) >= 11 is 7.24. The van der Waals surface area contributed by atoms with Crippen molar-refractivity contribution in [2.75, 3.05) is 5.32 Å². The Hall–Kier alpha value is -1.92. The van der Waals surface area contributed by atoms with Gasteiger partial charge in [-0.1, -0.05) is 43.0 Å². The van der Waals surface area contributed by atoms with Crippen molar-refractivity contribution in [2.45, 2.75) is 38.6 Å². The number of nitrogens with one attached hydrogen (secondary N) is 2. The topological polar surface area (TPSA) is 58.2 Å². The molecule has 0 aliphatic heterocycles. The molecule has 4 nitrogen and oxygen atoms in total. The van der Waals surface area contributed by atoms with Crippen LogP contribution in [0.25, 0.3) is 0 Å². The minimum Gasteiger partial charge on any atom is -0.348 e. The highest BCUT2D eigenvalue weighted by atomic mass is 35.5. The van der Waals surface area contributed by atoms with Crippen molar-refractivity contribution in [3.8, 4) is 0 Å². The lowest BCUT2D eigenvalue weighted by atomic mass is 9.89. The zero-order valence-corrected chi connectivity index (χ0v) is 15.8. The summed E-state index contributed by atoms with van der Waals surface area (Å²) in [6.07, 6.45) is 5.07. The summed E-state index contributed by atoms with van der Waals surface area (Å²) in [5, 5.41) is 6.12. The number of hydrogen-bond acceptors (Lipinski definition) is 3. The molecule has 1 aromatic carbocycles. The molecule has 1 aliphatic rings. The Kier molecular flexibility index (Phi) is 6.27. The predicted octanol–water partition coefficient (Wildman–Crippen LogP) is 4.99. The van der Waals surface area contributed by atoms with Gasteiger partial charge in [-0.2, -0.15) is 0 Å². The molecule has 7 heteroatoms. The van der Waals surface area contributed by atoms with Crippen molar-refractivity contribution in [2.24, 2.45) is 5.92 Å². The Labute approximate surface area is 160 Å². The largest absolute Gasteiger partial charge is 0.348 e. The van der Waals surface area contributed by atoms with Crippen LogP contribution in [0.4, 0.5) is 9.39 Å². The third-order valence-corrected chi connectivity index (χ3v) is 5.71. The highest BCUT2D eigenvalue weighted by Gasteiger charge is 2.24. The summed E-state index contributed by atoms with van der Waals surface area (Å²) < 4.78 is 13.4. The summed E-state index contributed by atoms with van der Waals surface area (Å²) in [4.78, 5) is 24.9. The molecule has 0 saturated heterocycles. The molecule has 1 aromatic heterocycles. The average Bonchev–Trinajstić information content (AvgIpc) is 3.02. The highest BCUT2D eigenvalue weighted by Crippen LogP contribution is 2.33. The SMILES string of the molecule is O=C(NCc1ccc(F)cc1)c1cc(Cl)sc1NC(=O)C1CCCCC1. The monoisotopic (exact) mass is 394 g/mol. The number of halogens is 2. The summed E-state index contributed by atoms with van der Waals surface area (Å²) in [6.45, 7) is 0.266. The normalized spacial score (nSPS) is 14.8. The number of carbonyl (C=O) groups is 2. The van der Waals surface area contributed by atoms with Gasteiger partial charge in [-0.05, 0) is 36.6 Å². The predicted molar refractivity (Wildman–Crippen MR) is 102 cm³/mol. The van der Waals surface area contributed by atoms with Gasteiger partial charge in [0.15, 0.2) is 0 Å². The van der Waals surface area contributed by atoms with Crippen LogP contribution in [0, 0.1) is 11.7 Å². The molecule has 0 atom stereocenters. The lowest BCUT2D eigenvalue weighted by Crippen LogP contribution is -2.27. The molecule has 138 valence electrons. The van der Waals surface area contributed by atoms with Crippen LogP contribution in [0.5, 0.6) is 0 Å². The number of carbonyl (C=O) groups excluding carboxylic acids is 2. The van der Waals surface area contributed by atoms with Crippen LogP contribution in [-0.2, 0) is 11.3 Å². The molecule has 1 fully saturated rings. The van der Waals surface area contributed by atoms with Crippen molar-refractivity contribution in [1.82, 2.24) is 5.32 Å². The molecule has 0 radical (unpaired) electrons. The van der Waals surface area contributed by atoms with E-state index in [2.05, 4.69) is 10.6 Å². The first-order valence-electron chi connectivity index (χ1n) is 8.66. The zero-order valence-electron chi connectivity index (χ0n) is 14.2. The van der Waals surface area contributed by atoms with Crippen LogP contribution in [-0.4, -0.2) is 11.8 Å². The van der Waals surface area contributed by atoms with Gasteiger partial charge in [-0.3, -0.25) is 9.59 Å². The van der Waals surface area contributed by atoms with Gasteiger partial charge in [0.1, 0.15) is 10.8 Å². The molecule has 1 saturated carbocycles. The minimum atomic E-state index is -0.323. The Bertz CT molecular complexity index is 785. The summed E-state index contributed by atoms with van der Waals surface area (Å²) in [7, 11) is 0. The smallest absolute Gasteiger partial charge is 0.254 e. The van der Waals surface area contributed by atoms with E-state index in [-0.39, 0.29) is 30.1 Å². The lowest BCUT2D eigenvalue weighted by Gasteiger charge is -2.20. The van der Waals surface area contributed by atoms with E-state index >= 15 is 0 Å². The lowest BCUT2D eigenvalue weighted by molar-refractivity contribution is -0.120. The highest BCUT2D eigenvalue weighted by molar-refractivity contribution is 7.20. The number of rotatable bonds is 5. The van der Waals surface area contributed by atoms with Gasteiger partial charge >= 0.3 is 0 Å². The second-order valence-corrected chi connectivity index (χ2v) is 8.11. The number of thiophene rings is 1. The first kappa shape index (κ1) is 18.9. The number of benzene rings is 1. The van der Waals surface area contributed by atoms with Crippen molar-refractivity contribution in [3.63, 3.8) is 0 Å². The molecule has 0 unspecified atom stereocenters. The Morgan fingerprint density at radius 2 is 1.85 bits per heavy atom. The number of anilines is 1. The van der Waals surface area contributed by atoms with E-state index in [9.17, 15) is 14.0 Å². The maximum Gasteiger partial charge on any atom is 0.254 e. The molecule has 2 amide bonds. The van der Waals surface area contributed by atoms with Gasteiger partial charge < -0.3 is 10.6 Å². The van der Waals surface area contributed by atoms with E-state index in [0.29, 0.717) is 14.9 Å². The molecule has 0 spiro atoms. The number of hydrogen-bond donors (Lipinski definition) is 2. The van der Waals surface area contributed by atoms with E-state index in [1.807, 2.05) is 0 Å². The summed E-state index contributed by atoms with van der Waals surface area (Å²) in [5.74, 6) is -0.690. The van der Waals surface area contributed by atoms with E-state index in [1.54, 1.807) is 18.2 Å². The van der Waals surface area contributed by atoms with E-state index in [1.165, 1.54) is 29.9 Å². The summed E-state index contributed by atoms with van der Waals surface area (Å²) in [6, 6.07) is 7.48. The molecule has 0 bridgehead atoms. The van der Waals surface area contributed by atoms with E-state index in [4.69, 9.17) is 11.6 Å². The fraction of sp³-hybridized carbons (Fsp3) is 0.368. The van der Waals surface area contributed by atoms with Crippen LogP contribution < -0.4 is 10.6 Å². The van der Waals surface area contributed by atoms with E-state index in [0.717, 1.165) is 31.2 Å². The van der Waals surface area contributed by atoms with Gasteiger partial charge in [0.05, 0.1) is 9.90 Å². The molecular weight excluding hydrogens is 375 g/mol. The summed E-state index contributed by atoms with van der Waals surface area (Å²) in [5.41, 5.74) is 1.14. The molecule has 2 N–H and O–H groups in total. The quantitative estimate of drug-likeness (QED) is 0.750. The standard InChI is InChI=1S/C19H20ClFN2O2S/c20-16-10-15(18(25)22-11-12-6-8-14(21)9-7-12)19(26-16)23-17(24)13-4-2-1-3-5-13/h6-10,13H,1-5,11H2,(H,22,25)(H,23,24). The van der Waals surface area contributed by atoms with Gasteiger partial charge in [0.25, 0.3) is 5.91 Å². The third-order valence-electron chi connectivity index (χ3n) is 4.53.